The van der Waals surface area contributed by atoms with Crippen LogP contribution in [0.5, 0.6) is 0 Å². The summed E-state index contributed by atoms with van der Waals surface area (Å²) in [5.74, 6) is 0.442. The molecular weight excluding hydrogens is 236 g/mol. The number of aromatic nitrogens is 2. The lowest BCUT2D eigenvalue weighted by Crippen LogP contribution is -2.42. The van der Waals surface area contributed by atoms with Gasteiger partial charge in [-0.25, -0.2) is 4.68 Å². The Labute approximate surface area is 105 Å². The first kappa shape index (κ1) is 12.8. The highest BCUT2D eigenvalue weighted by molar-refractivity contribution is 5.60. The van der Waals surface area contributed by atoms with Crippen LogP contribution in [-0.2, 0) is 11.8 Å². The monoisotopic (exact) mass is 254 g/mol. The number of nitrogens with one attached hydrogen (secondary N) is 1. The highest BCUT2D eigenvalue weighted by Gasteiger charge is 2.39. The van der Waals surface area contributed by atoms with Crippen LogP contribution in [0, 0.1) is 17.0 Å². The molecule has 0 bridgehead atoms. The van der Waals surface area contributed by atoms with Crippen molar-refractivity contribution in [2.45, 2.75) is 38.8 Å². The molecule has 0 radical (unpaired) electrons. The van der Waals surface area contributed by atoms with Crippen LogP contribution < -0.4 is 5.32 Å². The van der Waals surface area contributed by atoms with E-state index in [0.717, 1.165) is 6.42 Å². The summed E-state index contributed by atoms with van der Waals surface area (Å²) in [5, 5.41) is 18.4. The van der Waals surface area contributed by atoms with Gasteiger partial charge in [0.1, 0.15) is 5.69 Å². The molecule has 2 heterocycles. The molecule has 1 saturated heterocycles. The van der Waals surface area contributed by atoms with Crippen molar-refractivity contribution < 1.29 is 9.66 Å². The highest BCUT2D eigenvalue weighted by Crippen LogP contribution is 2.34. The zero-order chi connectivity index (χ0) is 13.5. The van der Waals surface area contributed by atoms with Crippen molar-refractivity contribution in [1.82, 2.24) is 9.78 Å². The minimum atomic E-state index is -0.394. The van der Waals surface area contributed by atoms with Crippen LogP contribution in [0.1, 0.15) is 26.0 Å². The van der Waals surface area contributed by atoms with E-state index < -0.39 is 4.92 Å². The van der Waals surface area contributed by atoms with Gasteiger partial charge < -0.3 is 10.1 Å². The second kappa shape index (κ2) is 4.24. The lowest BCUT2D eigenvalue weighted by Gasteiger charge is -2.29. The molecule has 1 aliphatic heterocycles. The normalized spacial score (nSPS) is 27.4. The fourth-order valence-corrected chi connectivity index (χ4v) is 2.28. The van der Waals surface area contributed by atoms with Gasteiger partial charge >= 0.3 is 5.69 Å². The highest BCUT2D eigenvalue weighted by atomic mass is 16.6. The summed E-state index contributed by atoms with van der Waals surface area (Å²) in [7, 11) is 1.70. The minimum absolute atomic E-state index is 0.00677. The second-order valence-electron chi connectivity index (χ2n) is 4.97. The standard InChI is InChI=1S/C11H18N4O3/c1-7-9(15(16)17)10(14(4)13-7)12-11(3)5-6-18-8(11)2/h8,12H,5-6H2,1-4H3. The molecule has 1 aromatic rings. The summed E-state index contributed by atoms with van der Waals surface area (Å²) in [4.78, 5) is 10.7. The van der Waals surface area contributed by atoms with Crippen molar-refractivity contribution >= 4 is 11.5 Å². The van der Waals surface area contributed by atoms with E-state index in [1.807, 2.05) is 13.8 Å². The van der Waals surface area contributed by atoms with E-state index in [1.54, 1.807) is 14.0 Å². The van der Waals surface area contributed by atoms with Gasteiger partial charge in [0.25, 0.3) is 0 Å². The minimum Gasteiger partial charge on any atom is -0.376 e. The topological polar surface area (TPSA) is 82.2 Å². The average molecular weight is 254 g/mol. The smallest absolute Gasteiger partial charge is 0.333 e. The van der Waals surface area contributed by atoms with Crippen LogP contribution in [0.3, 0.4) is 0 Å². The molecule has 7 nitrogen and oxygen atoms in total. The number of nitro groups is 1. The Morgan fingerprint density at radius 3 is 2.83 bits per heavy atom. The molecule has 1 fully saturated rings. The van der Waals surface area contributed by atoms with Gasteiger partial charge in [0.05, 0.1) is 16.6 Å². The molecule has 0 spiro atoms. The van der Waals surface area contributed by atoms with Gasteiger partial charge in [-0.05, 0) is 27.2 Å². The quantitative estimate of drug-likeness (QED) is 0.654. The van der Waals surface area contributed by atoms with Gasteiger partial charge in [-0.2, -0.15) is 5.10 Å². The third-order valence-electron chi connectivity index (χ3n) is 3.66. The van der Waals surface area contributed by atoms with E-state index in [4.69, 9.17) is 4.74 Å². The molecule has 0 amide bonds. The predicted molar refractivity (Wildman–Crippen MR) is 66.7 cm³/mol. The molecule has 2 rings (SSSR count). The molecule has 0 aliphatic carbocycles. The average Bonchev–Trinajstić information content (AvgIpc) is 2.70. The molecule has 1 aliphatic rings. The van der Waals surface area contributed by atoms with E-state index >= 15 is 0 Å². The van der Waals surface area contributed by atoms with Crippen LogP contribution in [0.15, 0.2) is 0 Å². The molecule has 2 atom stereocenters. The van der Waals surface area contributed by atoms with Crippen molar-refractivity contribution in [3.63, 3.8) is 0 Å². The second-order valence-corrected chi connectivity index (χ2v) is 4.97. The molecule has 18 heavy (non-hydrogen) atoms. The summed E-state index contributed by atoms with van der Waals surface area (Å²) < 4.78 is 7.04. The molecule has 0 saturated carbocycles. The van der Waals surface area contributed by atoms with Gasteiger partial charge in [-0.3, -0.25) is 10.1 Å². The maximum absolute atomic E-state index is 11.1. The number of hydrogen-bond acceptors (Lipinski definition) is 5. The van der Waals surface area contributed by atoms with Crippen LogP contribution >= 0.6 is 0 Å². The van der Waals surface area contributed by atoms with E-state index in [9.17, 15) is 10.1 Å². The molecule has 2 unspecified atom stereocenters. The number of aryl methyl sites for hydroxylation is 2. The fourth-order valence-electron chi connectivity index (χ4n) is 2.28. The van der Waals surface area contributed by atoms with Crippen molar-refractivity contribution in [2.75, 3.05) is 11.9 Å². The van der Waals surface area contributed by atoms with Crippen LogP contribution in [0.4, 0.5) is 11.5 Å². The maximum Gasteiger partial charge on any atom is 0.333 e. The third-order valence-corrected chi connectivity index (χ3v) is 3.66. The van der Waals surface area contributed by atoms with Crippen molar-refractivity contribution in [2.24, 2.45) is 7.05 Å². The molecule has 1 N–H and O–H groups in total. The number of anilines is 1. The van der Waals surface area contributed by atoms with Crippen LogP contribution in [0.25, 0.3) is 0 Å². The Balaban J connectivity index is 2.37. The van der Waals surface area contributed by atoms with Gasteiger partial charge in [0.2, 0.25) is 5.82 Å². The Bertz CT molecular complexity index is 485. The number of rotatable bonds is 3. The first-order valence-electron chi connectivity index (χ1n) is 5.93. The SMILES string of the molecule is Cc1nn(C)c(NC2(C)CCOC2C)c1[N+](=O)[O-]. The largest absolute Gasteiger partial charge is 0.376 e. The molecule has 1 aromatic heterocycles. The van der Waals surface area contributed by atoms with Gasteiger partial charge in [0, 0.05) is 13.7 Å². The van der Waals surface area contributed by atoms with E-state index in [1.165, 1.54) is 4.68 Å². The number of ether oxygens (including phenoxy) is 1. The maximum atomic E-state index is 11.1. The zero-order valence-electron chi connectivity index (χ0n) is 11.1. The number of nitrogens with zero attached hydrogens (tertiary/aromatic N) is 3. The Morgan fingerprint density at radius 1 is 1.67 bits per heavy atom. The van der Waals surface area contributed by atoms with E-state index in [-0.39, 0.29) is 17.3 Å². The summed E-state index contributed by atoms with van der Waals surface area (Å²) in [6.07, 6.45) is 0.822. The fraction of sp³-hybridized carbons (Fsp3) is 0.727. The summed E-state index contributed by atoms with van der Waals surface area (Å²) >= 11 is 0. The van der Waals surface area contributed by atoms with Crippen LogP contribution in [-0.4, -0.2) is 33.0 Å². The van der Waals surface area contributed by atoms with Crippen molar-refractivity contribution in [3.8, 4) is 0 Å². The van der Waals surface area contributed by atoms with E-state index in [2.05, 4.69) is 10.4 Å². The van der Waals surface area contributed by atoms with Crippen LogP contribution in [0.2, 0.25) is 0 Å². The first-order chi connectivity index (χ1) is 8.35. The van der Waals surface area contributed by atoms with Crippen molar-refractivity contribution in [1.29, 1.82) is 0 Å². The zero-order valence-corrected chi connectivity index (χ0v) is 11.1. The van der Waals surface area contributed by atoms with Crippen molar-refractivity contribution in [3.05, 3.63) is 15.8 Å². The molecule has 100 valence electrons. The van der Waals surface area contributed by atoms with Gasteiger partial charge in [0.15, 0.2) is 0 Å². The Hall–Kier alpha value is -1.63. The Morgan fingerprint density at radius 2 is 2.33 bits per heavy atom. The lowest BCUT2D eigenvalue weighted by atomic mass is 9.94. The molecule has 0 aromatic carbocycles. The third kappa shape index (κ3) is 1.94. The summed E-state index contributed by atoms with van der Waals surface area (Å²) in [6, 6.07) is 0. The summed E-state index contributed by atoms with van der Waals surface area (Å²) in [6.45, 7) is 6.28. The van der Waals surface area contributed by atoms with Gasteiger partial charge in [-0.1, -0.05) is 0 Å². The lowest BCUT2D eigenvalue weighted by molar-refractivity contribution is -0.384. The number of hydrogen-bond donors (Lipinski definition) is 1. The van der Waals surface area contributed by atoms with E-state index in [0.29, 0.717) is 18.1 Å². The van der Waals surface area contributed by atoms with Gasteiger partial charge in [-0.15, -0.1) is 0 Å². The molecular formula is C11H18N4O3. The first-order valence-corrected chi connectivity index (χ1v) is 5.93. The summed E-state index contributed by atoms with van der Waals surface area (Å²) in [5.41, 5.74) is 0.156. The molecule has 7 heteroatoms. The Kier molecular flexibility index (Phi) is 3.02. The predicted octanol–water partition coefficient (Wildman–Crippen LogP) is 1.62.